The molecule has 3 aromatic rings. The van der Waals surface area contributed by atoms with Gasteiger partial charge in [0.2, 0.25) is 5.91 Å². The van der Waals surface area contributed by atoms with E-state index in [9.17, 15) is 14.0 Å². The Kier molecular flexibility index (Phi) is 6.69. The van der Waals surface area contributed by atoms with Gasteiger partial charge in [-0.1, -0.05) is 18.2 Å². The van der Waals surface area contributed by atoms with Crippen LogP contribution in [0, 0.1) is 5.82 Å². The van der Waals surface area contributed by atoms with E-state index in [1.807, 2.05) is 6.07 Å². The molecule has 162 valence electrons. The van der Waals surface area contributed by atoms with Crippen LogP contribution in [-0.4, -0.2) is 53.9 Å². The summed E-state index contributed by atoms with van der Waals surface area (Å²) in [6.07, 6.45) is 1.97. The molecule has 0 atom stereocenters. The van der Waals surface area contributed by atoms with E-state index in [1.54, 1.807) is 30.3 Å². The van der Waals surface area contributed by atoms with Gasteiger partial charge in [-0.15, -0.1) is 0 Å². The number of aromatic amines is 1. The van der Waals surface area contributed by atoms with E-state index in [-0.39, 0.29) is 17.2 Å². The number of carbonyl (C=O) groups is 1. The SMILES string of the molecule is O=C(CCCCN1CCOCC1)Nc1cc(-c2n[nH]c(=O)c3ccccc23)ccc1F. The second kappa shape index (κ2) is 9.80. The summed E-state index contributed by atoms with van der Waals surface area (Å²) in [7, 11) is 0. The molecule has 4 rings (SSSR count). The number of hydrogen-bond acceptors (Lipinski definition) is 5. The number of carbonyl (C=O) groups excluding carboxylic acids is 1. The van der Waals surface area contributed by atoms with Crippen LogP contribution in [0.15, 0.2) is 47.3 Å². The van der Waals surface area contributed by atoms with Crippen molar-refractivity contribution in [2.24, 2.45) is 0 Å². The van der Waals surface area contributed by atoms with Gasteiger partial charge in [-0.25, -0.2) is 9.49 Å². The molecule has 0 radical (unpaired) electrons. The van der Waals surface area contributed by atoms with E-state index >= 15 is 0 Å². The Balaban J connectivity index is 1.42. The van der Waals surface area contributed by atoms with E-state index < -0.39 is 5.82 Å². The molecule has 1 aromatic heterocycles. The summed E-state index contributed by atoms with van der Waals surface area (Å²) in [6.45, 7) is 4.31. The summed E-state index contributed by atoms with van der Waals surface area (Å²) in [4.78, 5) is 26.7. The zero-order valence-corrected chi connectivity index (χ0v) is 17.2. The van der Waals surface area contributed by atoms with Gasteiger partial charge >= 0.3 is 0 Å². The van der Waals surface area contributed by atoms with Gasteiger partial charge in [-0.2, -0.15) is 5.10 Å². The number of halogens is 1. The van der Waals surface area contributed by atoms with Crippen molar-refractivity contribution in [3.05, 3.63) is 58.6 Å². The fourth-order valence-electron chi connectivity index (χ4n) is 3.76. The monoisotopic (exact) mass is 424 g/mol. The Morgan fingerprint density at radius 1 is 1.13 bits per heavy atom. The Labute approximate surface area is 179 Å². The molecule has 2 heterocycles. The maximum Gasteiger partial charge on any atom is 0.272 e. The number of rotatable bonds is 7. The third kappa shape index (κ3) is 5.15. The minimum absolute atomic E-state index is 0.104. The van der Waals surface area contributed by atoms with Crippen LogP contribution in [0.25, 0.3) is 22.0 Å². The summed E-state index contributed by atoms with van der Waals surface area (Å²) in [5.41, 5.74) is 0.951. The van der Waals surface area contributed by atoms with Gasteiger partial charge in [0.25, 0.3) is 5.56 Å². The van der Waals surface area contributed by atoms with Crippen molar-refractivity contribution in [3.63, 3.8) is 0 Å². The zero-order chi connectivity index (χ0) is 21.6. The van der Waals surface area contributed by atoms with Crippen LogP contribution in [-0.2, 0) is 9.53 Å². The maximum atomic E-state index is 14.3. The third-order valence-electron chi connectivity index (χ3n) is 5.44. The number of morpholine rings is 1. The van der Waals surface area contributed by atoms with Crippen molar-refractivity contribution < 1.29 is 13.9 Å². The van der Waals surface area contributed by atoms with Crippen LogP contribution in [0.3, 0.4) is 0 Å². The Morgan fingerprint density at radius 2 is 1.90 bits per heavy atom. The predicted octanol–water partition coefficient (Wildman–Crippen LogP) is 3.17. The van der Waals surface area contributed by atoms with E-state index in [2.05, 4.69) is 20.4 Å². The average molecular weight is 424 g/mol. The molecule has 1 saturated heterocycles. The van der Waals surface area contributed by atoms with Gasteiger partial charge < -0.3 is 10.1 Å². The van der Waals surface area contributed by atoms with Gasteiger partial charge in [0.15, 0.2) is 0 Å². The molecule has 1 aliphatic rings. The molecular formula is C23H25FN4O3. The first-order valence-corrected chi connectivity index (χ1v) is 10.5. The van der Waals surface area contributed by atoms with Crippen molar-refractivity contribution in [2.75, 3.05) is 38.2 Å². The topological polar surface area (TPSA) is 87.3 Å². The minimum Gasteiger partial charge on any atom is -0.379 e. The molecule has 2 N–H and O–H groups in total. The average Bonchev–Trinajstić information content (AvgIpc) is 2.80. The molecule has 1 fully saturated rings. The fourth-order valence-corrected chi connectivity index (χ4v) is 3.76. The van der Waals surface area contributed by atoms with Crippen molar-refractivity contribution in [1.29, 1.82) is 0 Å². The molecule has 1 amide bonds. The lowest BCUT2D eigenvalue weighted by Gasteiger charge is -2.26. The van der Waals surface area contributed by atoms with Gasteiger partial charge in [0.05, 0.1) is 30.0 Å². The fraction of sp³-hybridized carbons (Fsp3) is 0.348. The standard InChI is InChI=1S/C23H25FN4O3/c24-19-9-8-16(22-17-5-1-2-6-18(17)23(30)27-26-22)15-20(19)25-21(29)7-3-4-10-28-11-13-31-14-12-28/h1-2,5-6,8-9,15H,3-4,7,10-14H2,(H,25,29)(H,27,30). The lowest BCUT2D eigenvalue weighted by molar-refractivity contribution is -0.116. The Bertz CT molecular complexity index is 1130. The highest BCUT2D eigenvalue weighted by molar-refractivity contribution is 5.95. The van der Waals surface area contributed by atoms with Crippen LogP contribution in [0.1, 0.15) is 19.3 Å². The maximum absolute atomic E-state index is 14.3. The van der Waals surface area contributed by atoms with Gasteiger partial charge in [-0.05, 0) is 43.7 Å². The van der Waals surface area contributed by atoms with Crippen LogP contribution >= 0.6 is 0 Å². The first kappa shape index (κ1) is 21.1. The predicted molar refractivity (Wildman–Crippen MR) is 117 cm³/mol. The summed E-state index contributed by atoms with van der Waals surface area (Å²) in [5.74, 6) is -0.739. The van der Waals surface area contributed by atoms with Crippen LogP contribution in [0.2, 0.25) is 0 Å². The number of benzene rings is 2. The second-order valence-electron chi connectivity index (χ2n) is 7.60. The highest BCUT2D eigenvalue weighted by Crippen LogP contribution is 2.28. The second-order valence-corrected chi connectivity index (χ2v) is 7.60. The van der Waals surface area contributed by atoms with E-state index in [4.69, 9.17) is 4.74 Å². The molecule has 0 bridgehead atoms. The number of aromatic nitrogens is 2. The van der Waals surface area contributed by atoms with E-state index in [0.717, 1.165) is 45.7 Å². The molecular weight excluding hydrogens is 399 g/mol. The highest BCUT2D eigenvalue weighted by atomic mass is 19.1. The number of fused-ring (bicyclic) bond motifs is 1. The van der Waals surface area contributed by atoms with Crippen molar-refractivity contribution in [1.82, 2.24) is 15.1 Å². The van der Waals surface area contributed by atoms with Crippen molar-refractivity contribution >= 4 is 22.4 Å². The number of amides is 1. The molecule has 2 aromatic carbocycles. The first-order chi connectivity index (χ1) is 15.1. The minimum atomic E-state index is -0.515. The molecule has 8 heteroatoms. The van der Waals surface area contributed by atoms with Gasteiger partial charge in [0, 0.05) is 30.5 Å². The molecule has 1 aliphatic heterocycles. The summed E-state index contributed by atoms with van der Waals surface area (Å²) < 4.78 is 19.7. The van der Waals surface area contributed by atoms with Crippen molar-refractivity contribution in [3.8, 4) is 11.3 Å². The number of nitrogens with zero attached hydrogens (tertiary/aromatic N) is 2. The number of unbranched alkanes of at least 4 members (excludes halogenated alkanes) is 1. The summed E-state index contributed by atoms with van der Waals surface area (Å²) >= 11 is 0. The van der Waals surface area contributed by atoms with Gasteiger partial charge in [0.1, 0.15) is 5.82 Å². The third-order valence-corrected chi connectivity index (χ3v) is 5.44. The van der Waals surface area contributed by atoms with Crippen molar-refractivity contribution in [2.45, 2.75) is 19.3 Å². The lowest BCUT2D eigenvalue weighted by atomic mass is 10.0. The van der Waals surface area contributed by atoms with Crippen LogP contribution in [0.4, 0.5) is 10.1 Å². The number of nitrogens with one attached hydrogen (secondary N) is 2. The number of ether oxygens (including phenoxy) is 1. The lowest BCUT2D eigenvalue weighted by Crippen LogP contribution is -2.36. The Hall–Kier alpha value is -3.10. The largest absolute Gasteiger partial charge is 0.379 e. The summed E-state index contributed by atoms with van der Waals surface area (Å²) in [5, 5.41) is 10.5. The van der Waals surface area contributed by atoms with E-state index in [0.29, 0.717) is 28.5 Å². The van der Waals surface area contributed by atoms with Crippen LogP contribution in [0.5, 0.6) is 0 Å². The molecule has 7 nitrogen and oxygen atoms in total. The normalized spacial score (nSPS) is 14.6. The molecule has 31 heavy (non-hydrogen) atoms. The molecule has 0 aliphatic carbocycles. The zero-order valence-electron chi connectivity index (χ0n) is 17.2. The number of hydrogen-bond donors (Lipinski definition) is 2. The molecule has 0 unspecified atom stereocenters. The quantitative estimate of drug-likeness (QED) is 0.569. The smallest absolute Gasteiger partial charge is 0.272 e. The highest BCUT2D eigenvalue weighted by Gasteiger charge is 2.14. The molecule has 0 spiro atoms. The number of H-pyrrole nitrogens is 1. The first-order valence-electron chi connectivity index (χ1n) is 10.5. The van der Waals surface area contributed by atoms with E-state index in [1.165, 1.54) is 6.07 Å². The van der Waals surface area contributed by atoms with Gasteiger partial charge in [-0.3, -0.25) is 14.5 Å². The number of anilines is 1. The summed E-state index contributed by atoms with van der Waals surface area (Å²) in [6, 6.07) is 11.5. The van der Waals surface area contributed by atoms with Crippen LogP contribution < -0.4 is 10.9 Å². The Morgan fingerprint density at radius 3 is 2.71 bits per heavy atom. The molecule has 0 saturated carbocycles.